The average Bonchev–Trinajstić information content (AvgIpc) is 2.70. The second-order valence-corrected chi connectivity index (χ2v) is 5.23. The quantitative estimate of drug-likeness (QED) is 0.856. The molecule has 1 aliphatic heterocycles. The monoisotopic (exact) mass is 236 g/mol. The fourth-order valence-corrected chi connectivity index (χ4v) is 2.55. The summed E-state index contributed by atoms with van der Waals surface area (Å²) in [6, 6.07) is 3.14. The molecule has 0 spiro atoms. The van der Waals surface area contributed by atoms with Gasteiger partial charge in [0.25, 0.3) is 0 Å². The molecular formula is C13H24N4. The van der Waals surface area contributed by atoms with Gasteiger partial charge in [0.2, 0.25) is 0 Å². The van der Waals surface area contributed by atoms with E-state index < -0.39 is 0 Å². The van der Waals surface area contributed by atoms with E-state index in [1.54, 1.807) is 0 Å². The van der Waals surface area contributed by atoms with Gasteiger partial charge >= 0.3 is 0 Å². The third-order valence-corrected chi connectivity index (χ3v) is 3.49. The van der Waals surface area contributed by atoms with Gasteiger partial charge in [0.1, 0.15) is 0 Å². The van der Waals surface area contributed by atoms with Gasteiger partial charge in [-0.25, -0.2) is 0 Å². The molecule has 2 heterocycles. The van der Waals surface area contributed by atoms with E-state index in [0.717, 1.165) is 6.54 Å². The van der Waals surface area contributed by atoms with Crippen LogP contribution in [0.15, 0.2) is 18.5 Å². The molecule has 0 amide bonds. The van der Waals surface area contributed by atoms with Crippen LogP contribution in [0.2, 0.25) is 0 Å². The number of aromatic nitrogens is 2. The lowest BCUT2D eigenvalue weighted by Gasteiger charge is -2.22. The lowest BCUT2D eigenvalue weighted by atomic mass is 10.1. The predicted molar refractivity (Wildman–Crippen MR) is 70.0 cm³/mol. The van der Waals surface area contributed by atoms with Crippen molar-refractivity contribution in [2.24, 2.45) is 0 Å². The Balaban J connectivity index is 1.75. The van der Waals surface area contributed by atoms with Crippen LogP contribution in [-0.2, 0) is 6.54 Å². The molecule has 96 valence electrons. The molecule has 0 saturated carbocycles. The molecule has 1 N–H and O–H groups in total. The Morgan fingerprint density at radius 1 is 1.41 bits per heavy atom. The predicted octanol–water partition coefficient (Wildman–Crippen LogP) is 1.35. The van der Waals surface area contributed by atoms with E-state index in [0.29, 0.717) is 12.1 Å². The van der Waals surface area contributed by atoms with Crippen molar-refractivity contribution in [2.75, 3.05) is 20.1 Å². The number of hydrogen-bond donors (Lipinski definition) is 1. The summed E-state index contributed by atoms with van der Waals surface area (Å²) >= 11 is 0. The summed E-state index contributed by atoms with van der Waals surface area (Å²) < 4.78 is 2.00. The molecular weight excluding hydrogens is 212 g/mol. The van der Waals surface area contributed by atoms with E-state index in [2.05, 4.69) is 29.3 Å². The third-order valence-electron chi connectivity index (χ3n) is 3.49. The third kappa shape index (κ3) is 4.13. The lowest BCUT2D eigenvalue weighted by Crippen LogP contribution is -2.39. The highest BCUT2D eigenvalue weighted by atomic mass is 15.3. The zero-order chi connectivity index (χ0) is 12.1. The van der Waals surface area contributed by atoms with Gasteiger partial charge in [-0.2, -0.15) is 5.10 Å². The maximum absolute atomic E-state index is 4.25. The summed E-state index contributed by atoms with van der Waals surface area (Å²) in [5.74, 6) is 0. The van der Waals surface area contributed by atoms with Gasteiger partial charge in [-0.1, -0.05) is 0 Å². The SMILES string of the molecule is CC(Cn1cccn1)NC1CCCN(C)CC1. The first kappa shape index (κ1) is 12.6. The molecule has 1 saturated heterocycles. The molecule has 0 aliphatic carbocycles. The Bertz CT molecular complexity index is 309. The van der Waals surface area contributed by atoms with E-state index in [-0.39, 0.29) is 0 Å². The largest absolute Gasteiger partial charge is 0.310 e. The Hall–Kier alpha value is -0.870. The fourth-order valence-electron chi connectivity index (χ4n) is 2.55. The molecule has 17 heavy (non-hydrogen) atoms. The Morgan fingerprint density at radius 3 is 3.06 bits per heavy atom. The van der Waals surface area contributed by atoms with E-state index in [1.165, 1.54) is 32.4 Å². The number of rotatable bonds is 4. The number of likely N-dealkylation sites (tertiary alicyclic amines) is 1. The van der Waals surface area contributed by atoms with Crippen molar-refractivity contribution in [1.29, 1.82) is 0 Å². The van der Waals surface area contributed by atoms with Gasteiger partial charge in [0.05, 0.1) is 6.54 Å². The van der Waals surface area contributed by atoms with Gasteiger partial charge in [-0.05, 0) is 52.4 Å². The average molecular weight is 236 g/mol. The second kappa shape index (κ2) is 6.17. The normalized spacial score (nSPS) is 24.5. The summed E-state index contributed by atoms with van der Waals surface area (Å²) in [7, 11) is 2.22. The molecule has 2 unspecified atom stereocenters. The highest BCUT2D eigenvalue weighted by molar-refractivity contribution is 4.81. The molecule has 0 radical (unpaired) electrons. The zero-order valence-corrected chi connectivity index (χ0v) is 11.0. The van der Waals surface area contributed by atoms with E-state index in [4.69, 9.17) is 0 Å². The van der Waals surface area contributed by atoms with Crippen molar-refractivity contribution >= 4 is 0 Å². The van der Waals surface area contributed by atoms with Crippen molar-refractivity contribution in [3.05, 3.63) is 18.5 Å². The van der Waals surface area contributed by atoms with E-state index >= 15 is 0 Å². The summed E-state index contributed by atoms with van der Waals surface area (Å²) in [5.41, 5.74) is 0. The first-order valence-electron chi connectivity index (χ1n) is 6.66. The molecule has 1 fully saturated rings. The van der Waals surface area contributed by atoms with Crippen LogP contribution in [0, 0.1) is 0 Å². The van der Waals surface area contributed by atoms with Crippen molar-refractivity contribution in [2.45, 2.75) is 44.8 Å². The van der Waals surface area contributed by atoms with Gasteiger partial charge in [-0.3, -0.25) is 4.68 Å². The van der Waals surface area contributed by atoms with Crippen LogP contribution in [0.1, 0.15) is 26.2 Å². The Morgan fingerprint density at radius 2 is 2.29 bits per heavy atom. The van der Waals surface area contributed by atoms with Crippen LogP contribution in [-0.4, -0.2) is 46.9 Å². The first-order chi connectivity index (χ1) is 8.24. The van der Waals surface area contributed by atoms with Gasteiger partial charge in [-0.15, -0.1) is 0 Å². The summed E-state index contributed by atoms with van der Waals surface area (Å²) in [5, 5.41) is 7.98. The molecule has 1 aliphatic rings. The molecule has 4 heteroatoms. The van der Waals surface area contributed by atoms with Gasteiger partial charge in [0.15, 0.2) is 0 Å². The highest BCUT2D eigenvalue weighted by Gasteiger charge is 2.16. The summed E-state index contributed by atoms with van der Waals surface area (Å²) in [6.07, 6.45) is 7.74. The summed E-state index contributed by atoms with van der Waals surface area (Å²) in [6.45, 7) is 5.66. The number of nitrogens with zero attached hydrogens (tertiary/aromatic N) is 3. The minimum atomic E-state index is 0.489. The minimum absolute atomic E-state index is 0.489. The van der Waals surface area contributed by atoms with E-state index in [1.807, 2.05) is 23.1 Å². The Kier molecular flexibility index (Phi) is 4.57. The molecule has 0 bridgehead atoms. The van der Waals surface area contributed by atoms with Crippen molar-refractivity contribution in [3.8, 4) is 0 Å². The number of hydrogen-bond acceptors (Lipinski definition) is 3. The number of nitrogens with one attached hydrogen (secondary N) is 1. The molecule has 2 atom stereocenters. The zero-order valence-electron chi connectivity index (χ0n) is 11.0. The van der Waals surface area contributed by atoms with Crippen LogP contribution < -0.4 is 5.32 Å². The first-order valence-corrected chi connectivity index (χ1v) is 6.66. The van der Waals surface area contributed by atoms with Crippen LogP contribution in [0.5, 0.6) is 0 Å². The minimum Gasteiger partial charge on any atom is -0.310 e. The van der Waals surface area contributed by atoms with Crippen molar-refractivity contribution in [3.63, 3.8) is 0 Å². The topological polar surface area (TPSA) is 33.1 Å². The molecule has 1 aromatic rings. The smallest absolute Gasteiger partial charge is 0.0560 e. The second-order valence-electron chi connectivity index (χ2n) is 5.23. The van der Waals surface area contributed by atoms with Crippen LogP contribution in [0.3, 0.4) is 0 Å². The highest BCUT2D eigenvalue weighted by Crippen LogP contribution is 2.10. The lowest BCUT2D eigenvalue weighted by molar-refractivity contribution is 0.334. The Labute approximate surface area is 104 Å². The van der Waals surface area contributed by atoms with Crippen molar-refractivity contribution in [1.82, 2.24) is 20.0 Å². The maximum atomic E-state index is 4.25. The van der Waals surface area contributed by atoms with Gasteiger partial charge in [0, 0.05) is 24.5 Å². The van der Waals surface area contributed by atoms with Crippen LogP contribution in [0.4, 0.5) is 0 Å². The molecule has 1 aromatic heterocycles. The van der Waals surface area contributed by atoms with E-state index in [9.17, 15) is 0 Å². The molecule has 4 nitrogen and oxygen atoms in total. The van der Waals surface area contributed by atoms with Crippen LogP contribution in [0.25, 0.3) is 0 Å². The fraction of sp³-hybridized carbons (Fsp3) is 0.769. The molecule has 0 aromatic carbocycles. The standard InChI is InChI=1S/C13H24N4/c1-12(11-17-9-4-7-14-17)15-13-5-3-8-16(2)10-6-13/h4,7,9,12-13,15H,3,5-6,8,10-11H2,1-2H3. The summed E-state index contributed by atoms with van der Waals surface area (Å²) in [4.78, 5) is 2.43. The molecule has 2 rings (SSSR count). The van der Waals surface area contributed by atoms with Gasteiger partial charge < -0.3 is 10.2 Å². The van der Waals surface area contributed by atoms with Crippen LogP contribution >= 0.6 is 0 Å². The van der Waals surface area contributed by atoms with Crippen molar-refractivity contribution < 1.29 is 0 Å². The maximum Gasteiger partial charge on any atom is 0.0560 e.